The van der Waals surface area contributed by atoms with Gasteiger partial charge >= 0.3 is 0 Å². The lowest BCUT2D eigenvalue weighted by atomic mass is 10.1. The van der Waals surface area contributed by atoms with Crippen molar-refractivity contribution >= 4 is 5.91 Å². The van der Waals surface area contributed by atoms with E-state index in [1.165, 1.54) is 18.5 Å². The molecular formula is C14H13FN4O2. The van der Waals surface area contributed by atoms with E-state index in [1.807, 2.05) is 0 Å². The summed E-state index contributed by atoms with van der Waals surface area (Å²) < 4.78 is 13.7. The summed E-state index contributed by atoms with van der Waals surface area (Å²) in [5.41, 5.74) is 0.328. The van der Waals surface area contributed by atoms with Crippen molar-refractivity contribution in [1.29, 1.82) is 0 Å². The molecule has 0 aliphatic heterocycles. The standard InChI is InChI=1S/C14H13FN4O2/c1-9(13-16-8-17-19-13)18-14(21)11-7-10(3-2-6-20)4-5-12(11)15/h4-5,7-9,20H,6H2,1H3,(H,18,21)(H,16,17,19). The smallest absolute Gasteiger partial charge is 0.254 e. The lowest BCUT2D eigenvalue weighted by molar-refractivity contribution is 0.0934. The Morgan fingerprint density at radius 1 is 1.57 bits per heavy atom. The van der Waals surface area contributed by atoms with Crippen LogP contribution in [-0.4, -0.2) is 32.8 Å². The van der Waals surface area contributed by atoms with E-state index in [0.29, 0.717) is 11.4 Å². The molecular weight excluding hydrogens is 275 g/mol. The summed E-state index contributed by atoms with van der Waals surface area (Å²) in [4.78, 5) is 16.0. The number of H-pyrrole nitrogens is 1. The van der Waals surface area contributed by atoms with Crippen LogP contribution in [0, 0.1) is 17.7 Å². The number of benzene rings is 1. The van der Waals surface area contributed by atoms with E-state index in [9.17, 15) is 9.18 Å². The van der Waals surface area contributed by atoms with Crippen molar-refractivity contribution in [2.24, 2.45) is 0 Å². The highest BCUT2D eigenvalue weighted by Gasteiger charge is 2.16. The summed E-state index contributed by atoms with van der Waals surface area (Å²) in [6.45, 7) is 1.40. The number of carbonyl (C=O) groups excluding carboxylic acids is 1. The monoisotopic (exact) mass is 288 g/mol. The van der Waals surface area contributed by atoms with E-state index in [2.05, 4.69) is 32.3 Å². The van der Waals surface area contributed by atoms with Gasteiger partial charge in [0, 0.05) is 5.56 Å². The highest BCUT2D eigenvalue weighted by Crippen LogP contribution is 2.12. The minimum Gasteiger partial charge on any atom is -0.384 e. The molecule has 2 aromatic rings. The average molecular weight is 288 g/mol. The van der Waals surface area contributed by atoms with Gasteiger partial charge in [-0.05, 0) is 25.1 Å². The quantitative estimate of drug-likeness (QED) is 0.728. The number of carbonyl (C=O) groups is 1. The lowest BCUT2D eigenvalue weighted by Gasteiger charge is -2.11. The number of aromatic nitrogens is 3. The van der Waals surface area contributed by atoms with Crippen LogP contribution in [0.15, 0.2) is 24.5 Å². The van der Waals surface area contributed by atoms with Crippen molar-refractivity contribution in [2.45, 2.75) is 13.0 Å². The van der Waals surface area contributed by atoms with E-state index >= 15 is 0 Å². The molecule has 7 heteroatoms. The van der Waals surface area contributed by atoms with Gasteiger partial charge in [-0.3, -0.25) is 9.89 Å². The van der Waals surface area contributed by atoms with E-state index in [-0.39, 0.29) is 12.2 Å². The molecule has 0 saturated carbocycles. The topological polar surface area (TPSA) is 90.9 Å². The van der Waals surface area contributed by atoms with Gasteiger partial charge in [-0.2, -0.15) is 5.10 Å². The molecule has 108 valence electrons. The fraction of sp³-hybridized carbons (Fsp3) is 0.214. The van der Waals surface area contributed by atoms with Crippen molar-refractivity contribution in [3.63, 3.8) is 0 Å². The molecule has 0 spiro atoms. The molecule has 1 atom stereocenters. The largest absolute Gasteiger partial charge is 0.384 e. The Morgan fingerprint density at radius 3 is 3.05 bits per heavy atom. The molecule has 2 rings (SSSR count). The van der Waals surface area contributed by atoms with Crippen molar-refractivity contribution in [3.05, 3.63) is 47.3 Å². The lowest BCUT2D eigenvalue weighted by Crippen LogP contribution is -2.28. The van der Waals surface area contributed by atoms with Crippen LogP contribution in [0.3, 0.4) is 0 Å². The average Bonchev–Trinajstić information content (AvgIpc) is 3.00. The van der Waals surface area contributed by atoms with Crippen molar-refractivity contribution < 1.29 is 14.3 Å². The number of aromatic amines is 1. The third kappa shape index (κ3) is 3.64. The number of rotatable bonds is 3. The van der Waals surface area contributed by atoms with Gasteiger partial charge in [-0.25, -0.2) is 9.37 Å². The fourth-order valence-electron chi connectivity index (χ4n) is 1.68. The van der Waals surface area contributed by atoms with Crippen molar-refractivity contribution in [2.75, 3.05) is 6.61 Å². The second kappa shape index (κ2) is 6.63. The maximum atomic E-state index is 13.7. The first kappa shape index (κ1) is 14.7. The van der Waals surface area contributed by atoms with E-state index in [4.69, 9.17) is 5.11 Å². The van der Waals surface area contributed by atoms with Gasteiger partial charge in [-0.15, -0.1) is 0 Å². The summed E-state index contributed by atoms with van der Waals surface area (Å²) in [7, 11) is 0. The van der Waals surface area contributed by atoms with Crippen LogP contribution in [-0.2, 0) is 0 Å². The first-order valence-electron chi connectivity index (χ1n) is 6.17. The van der Waals surface area contributed by atoms with Gasteiger partial charge < -0.3 is 10.4 Å². The normalized spacial score (nSPS) is 11.4. The number of aliphatic hydroxyl groups excluding tert-OH is 1. The zero-order chi connectivity index (χ0) is 15.2. The van der Waals surface area contributed by atoms with Gasteiger partial charge in [-0.1, -0.05) is 11.8 Å². The molecule has 21 heavy (non-hydrogen) atoms. The number of nitrogens with zero attached hydrogens (tertiary/aromatic N) is 2. The number of aliphatic hydroxyl groups is 1. The molecule has 0 aliphatic carbocycles. The van der Waals surface area contributed by atoms with Gasteiger partial charge in [0.05, 0.1) is 11.6 Å². The fourth-order valence-corrected chi connectivity index (χ4v) is 1.68. The Morgan fingerprint density at radius 2 is 2.38 bits per heavy atom. The van der Waals surface area contributed by atoms with Gasteiger partial charge in [0.1, 0.15) is 24.6 Å². The second-order valence-electron chi connectivity index (χ2n) is 4.22. The Bertz CT molecular complexity index is 689. The maximum absolute atomic E-state index is 13.7. The third-order valence-corrected chi connectivity index (χ3v) is 2.71. The SMILES string of the molecule is CC(NC(=O)c1cc(C#CCO)ccc1F)c1ncn[nH]1. The molecule has 0 bridgehead atoms. The predicted octanol–water partition coefficient (Wildman–Crippen LogP) is 0.779. The number of hydrogen-bond acceptors (Lipinski definition) is 4. The predicted molar refractivity (Wildman–Crippen MR) is 72.6 cm³/mol. The number of amides is 1. The minimum absolute atomic E-state index is 0.119. The van der Waals surface area contributed by atoms with E-state index < -0.39 is 17.8 Å². The molecule has 1 aromatic heterocycles. The molecule has 1 unspecified atom stereocenters. The van der Waals surface area contributed by atoms with Crippen LogP contribution in [0.4, 0.5) is 4.39 Å². The van der Waals surface area contributed by atoms with Gasteiger partial charge in [0.15, 0.2) is 0 Å². The summed E-state index contributed by atoms with van der Waals surface area (Å²) in [6, 6.07) is 3.50. The van der Waals surface area contributed by atoms with Gasteiger partial charge in [0.2, 0.25) is 0 Å². The Balaban J connectivity index is 2.18. The van der Waals surface area contributed by atoms with E-state index in [1.54, 1.807) is 6.92 Å². The van der Waals surface area contributed by atoms with Crippen LogP contribution < -0.4 is 5.32 Å². The Labute approximate surface area is 120 Å². The molecule has 3 N–H and O–H groups in total. The van der Waals surface area contributed by atoms with Crippen molar-refractivity contribution in [3.8, 4) is 11.8 Å². The molecule has 1 heterocycles. The summed E-state index contributed by atoms with van der Waals surface area (Å²) in [5, 5.41) is 17.6. The molecule has 6 nitrogen and oxygen atoms in total. The number of hydrogen-bond donors (Lipinski definition) is 3. The highest BCUT2D eigenvalue weighted by molar-refractivity contribution is 5.95. The molecule has 1 aromatic carbocycles. The summed E-state index contributed by atoms with van der Waals surface area (Å²) in [6.07, 6.45) is 1.32. The van der Waals surface area contributed by atoms with Crippen molar-refractivity contribution in [1.82, 2.24) is 20.5 Å². The van der Waals surface area contributed by atoms with Crippen LogP contribution >= 0.6 is 0 Å². The first-order valence-corrected chi connectivity index (χ1v) is 6.17. The summed E-state index contributed by atoms with van der Waals surface area (Å²) in [5.74, 6) is 4.31. The van der Waals surface area contributed by atoms with Crippen LogP contribution in [0.1, 0.15) is 34.7 Å². The molecule has 0 radical (unpaired) electrons. The molecule has 0 aliphatic rings. The van der Waals surface area contributed by atoms with Crippen LogP contribution in [0.5, 0.6) is 0 Å². The second-order valence-corrected chi connectivity index (χ2v) is 4.22. The highest BCUT2D eigenvalue weighted by atomic mass is 19.1. The van der Waals surface area contributed by atoms with E-state index in [0.717, 1.165) is 6.07 Å². The van der Waals surface area contributed by atoms with Crippen LogP contribution in [0.25, 0.3) is 0 Å². The Kier molecular flexibility index (Phi) is 4.64. The minimum atomic E-state index is -0.646. The first-order chi connectivity index (χ1) is 10.1. The third-order valence-electron chi connectivity index (χ3n) is 2.71. The Hall–Kier alpha value is -2.72. The zero-order valence-electron chi connectivity index (χ0n) is 11.2. The van der Waals surface area contributed by atoms with Gasteiger partial charge in [0.25, 0.3) is 5.91 Å². The number of halogens is 1. The summed E-state index contributed by atoms with van der Waals surface area (Å²) >= 11 is 0. The molecule has 0 saturated heterocycles. The maximum Gasteiger partial charge on any atom is 0.254 e. The molecule has 1 amide bonds. The number of nitrogens with one attached hydrogen (secondary N) is 2. The zero-order valence-corrected chi connectivity index (χ0v) is 11.2. The van der Waals surface area contributed by atoms with Crippen LogP contribution in [0.2, 0.25) is 0 Å². The molecule has 0 fully saturated rings.